The number of carbonyl (C=O) groups excluding carboxylic acids is 2. The lowest BCUT2D eigenvalue weighted by atomic mass is 10.1. The van der Waals surface area contributed by atoms with E-state index in [2.05, 4.69) is 83.8 Å². The molecule has 4 amide bonds. The van der Waals surface area contributed by atoms with Gasteiger partial charge in [-0.2, -0.15) is 17.6 Å². The molecule has 2 aliphatic rings. The standard InChI is InChI=1S/C28H28F3N7O2.C19H16BrF3N4O2.C10H14N2/c29-24-18-20(26-34-35-27(40-26)25(30)31)6-7-21(24)19-38(23-4-2-1-3-5-23)28(39)33-12-13-36-14-16-37(17-15-36)22-8-10-32-11-9-22;20-8-9-24-19(28)27(14-4-2-1-3-5-14)11-13-7-6-12(10-15(13)21)17-25-26-18(29-17)16(22)23;1-2-8-12(9-3-1)10-4-6-11-7-5-10/h1-11,18,25H,12-17,19H2,(H,33,39);1-7,10,16H,8-9,11H2,(H,24,28);4-7H,1-3,8-9H2. The summed E-state index contributed by atoms with van der Waals surface area (Å²) >= 11 is 3.24. The van der Waals surface area contributed by atoms with E-state index >= 15 is 4.39 Å². The van der Waals surface area contributed by atoms with E-state index in [1.807, 2.05) is 36.7 Å². The highest BCUT2D eigenvalue weighted by Gasteiger charge is 2.24. The van der Waals surface area contributed by atoms with Crippen LogP contribution in [0.25, 0.3) is 22.9 Å². The first-order valence-electron chi connectivity index (χ1n) is 26.0. The molecule has 0 radical (unpaired) electrons. The average molecular weight is 1180 g/mol. The second kappa shape index (κ2) is 29.7. The average Bonchev–Trinajstić information content (AvgIpc) is 4.23. The summed E-state index contributed by atoms with van der Waals surface area (Å²) in [6, 6.07) is 33.4. The van der Waals surface area contributed by atoms with Gasteiger partial charge >= 0.3 is 24.9 Å². The summed E-state index contributed by atoms with van der Waals surface area (Å²) in [6.45, 7) is 7.39. The van der Waals surface area contributed by atoms with Crippen LogP contribution in [0.3, 0.4) is 0 Å². The summed E-state index contributed by atoms with van der Waals surface area (Å²) < 4.78 is 90.3. The number of pyridine rings is 2. The summed E-state index contributed by atoms with van der Waals surface area (Å²) in [4.78, 5) is 43.8. The molecule has 0 spiro atoms. The molecule has 2 saturated heterocycles. The molecule has 24 heteroatoms. The first kappa shape index (κ1) is 58.8. The van der Waals surface area contributed by atoms with Crippen LogP contribution >= 0.6 is 15.9 Å². The summed E-state index contributed by atoms with van der Waals surface area (Å²) in [5, 5.41) is 19.8. The van der Waals surface area contributed by atoms with Gasteiger partial charge in [0.15, 0.2) is 0 Å². The van der Waals surface area contributed by atoms with Crippen LogP contribution in [-0.2, 0) is 13.1 Å². The number of aromatic nitrogens is 6. The Morgan fingerprint density at radius 1 is 0.543 bits per heavy atom. The Morgan fingerprint density at radius 3 is 1.38 bits per heavy atom. The van der Waals surface area contributed by atoms with Gasteiger partial charge in [0.1, 0.15) is 11.6 Å². The van der Waals surface area contributed by atoms with Crippen LogP contribution in [0.4, 0.5) is 58.7 Å². The maximum Gasteiger partial charge on any atom is 0.322 e. The van der Waals surface area contributed by atoms with Crippen molar-refractivity contribution in [1.29, 1.82) is 0 Å². The fraction of sp³-hybridized carbons (Fsp3) is 0.298. The van der Waals surface area contributed by atoms with Gasteiger partial charge in [0.2, 0.25) is 11.8 Å². The van der Waals surface area contributed by atoms with Crippen LogP contribution in [0.2, 0.25) is 0 Å². The number of amides is 4. The number of rotatable bonds is 17. The Balaban J connectivity index is 0.000000182. The van der Waals surface area contributed by atoms with E-state index in [-0.39, 0.29) is 59.2 Å². The number of alkyl halides is 5. The third-order valence-electron chi connectivity index (χ3n) is 13.0. The van der Waals surface area contributed by atoms with Gasteiger partial charge in [0.25, 0.3) is 11.8 Å². The number of para-hydroxylation sites is 2. The summed E-state index contributed by atoms with van der Waals surface area (Å²) in [5.41, 5.74) is 4.49. The molecule has 0 aliphatic carbocycles. The minimum atomic E-state index is -2.92. The predicted octanol–water partition coefficient (Wildman–Crippen LogP) is 11.7. The van der Waals surface area contributed by atoms with Gasteiger partial charge in [-0.25, -0.2) is 18.4 Å². The van der Waals surface area contributed by atoms with Crippen molar-refractivity contribution in [3.8, 4) is 22.9 Å². The van der Waals surface area contributed by atoms with E-state index in [1.54, 1.807) is 60.9 Å². The second-order valence-corrected chi connectivity index (χ2v) is 19.2. The zero-order chi connectivity index (χ0) is 56.9. The van der Waals surface area contributed by atoms with Crippen molar-refractivity contribution in [3.63, 3.8) is 0 Å². The normalized spacial score (nSPS) is 13.4. The Bertz CT molecular complexity index is 3200. The van der Waals surface area contributed by atoms with Crippen LogP contribution in [-0.4, -0.2) is 112 Å². The number of piperidine rings is 1. The van der Waals surface area contributed by atoms with Crippen LogP contribution in [0.5, 0.6) is 0 Å². The number of carbonyl (C=O) groups is 2. The lowest BCUT2D eigenvalue weighted by Gasteiger charge is -2.36. The Hall–Kier alpha value is -8.38. The summed E-state index contributed by atoms with van der Waals surface area (Å²) in [6.07, 6.45) is 5.54. The van der Waals surface area contributed by atoms with Crippen molar-refractivity contribution in [2.75, 3.05) is 83.8 Å². The number of halogens is 7. The predicted molar refractivity (Wildman–Crippen MR) is 298 cm³/mol. The fourth-order valence-corrected chi connectivity index (χ4v) is 8.97. The van der Waals surface area contributed by atoms with E-state index in [9.17, 15) is 31.5 Å². The van der Waals surface area contributed by atoms with Crippen LogP contribution < -0.4 is 30.2 Å². The van der Waals surface area contributed by atoms with Crippen LogP contribution in [0, 0.1) is 11.6 Å². The van der Waals surface area contributed by atoms with Crippen molar-refractivity contribution in [1.82, 2.24) is 45.9 Å². The van der Waals surface area contributed by atoms with Crippen molar-refractivity contribution in [2.45, 2.75) is 45.2 Å². The molecule has 0 saturated carbocycles. The van der Waals surface area contributed by atoms with E-state index < -0.39 is 36.3 Å². The molecule has 17 nitrogen and oxygen atoms in total. The van der Waals surface area contributed by atoms with Gasteiger partial charge in [-0.1, -0.05) is 64.5 Å². The first-order chi connectivity index (χ1) is 39.4. The zero-order valence-corrected chi connectivity index (χ0v) is 45.4. The van der Waals surface area contributed by atoms with Gasteiger partial charge in [0.05, 0.1) is 13.1 Å². The molecule has 2 fully saturated rings. The molecule has 2 N–H and O–H groups in total. The largest absolute Gasteiger partial charge is 0.415 e. The highest BCUT2D eigenvalue weighted by molar-refractivity contribution is 9.09. The van der Waals surface area contributed by atoms with Crippen molar-refractivity contribution in [2.24, 2.45) is 0 Å². The van der Waals surface area contributed by atoms with Crippen molar-refractivity contribution < 1.29 is 44.8 Å². The number of hydrogen-bond acceptors (Lipinski definition) is 13. The zero-order valence-electron chi connectivity index (χ0n) is 43.8. The molecular formula is C57H58BrF6N13O4. The van der Waals surface area contributed by atoms with Crippen molar-refractivity contribution >= 4 is 50.7 Å². The number of anilines is 4. The number of benzene rings is 4. The minimum Gasteiger partial charge on any atom is -0.415 e. The third kappa shape index (κ3) is 16.8. The Labute approximate surface area is 472 Å². The molecule has 0 bridgehead atoms. The van der Waals surface area contributed by atoms with E-state index in [0.717, 1.165) is 44.0 Å². The first-order valence-corrected chi connectivity index (χ1v) is 27.2. The molecule has 81 heavy (non-hydrogen) atoms. The molecule has 424 valence electrons. The Morgan fingerprint density at radius 2 is 0.975 bits per heavy atom. The molecule has 8 aromatic rings. The number of piperazine rings is 1. The van der Waals surface area contributed by atoms with Gasteiger partial charge < -0.3 is 29.3 Å². The van der Waals surface area contributed by atoms with Gasteiger partial charge in [-0.3, -0.25) is 24.7 Å². The molecule has 4 aromatic heterocycles. The number of urea groups is 2. The molecule has 6 heterocycles. The second-order valence-electron chi connectivity index (χ2n) is 18.4. The molecular weight excluding hydrogens is 1120 g/mol. The lowest BCUT2D eigenvalue weighted by molar-refractivity contribution is 0.115. The third-order valence-corrected chi connectivity index (χ3v) is 13.4. The van der Waals surface area contributed by atoms with E-state index in [4.69, 9.17) is 8.83 Å². The van der Waals surface area contributed by atoms with Gasteiger partial charge in [-0.15, -0.1) is 20.4 Å². The van der Waals surface area contributed by atoms with E-state index in [0.29, 0.717) is 36.3 Å². The number of nitrogens with one attached hydrogen (secondary N) is 2. The summed E-state index contributed by atoms with van der Waals surface area (Å²) in [7, 11) is 0. The van der Waals surface area contributed by atoms with Gasteiger partial charge in [0, 0.05) is 134 Å². The monoisotopic (exact) mass is 1180 g/mol. The fourth-order valence-electron chi connectivity index (χ4n) is 8.77. The van der Waals surface area contributed by atoms with Crippen LogP contribution in [0.15, 0.2) is 155 Å². The van der Waals surface area contributed by atoms with Crippen molar-refractivity contribution in [3.05, 3.63) is 181 Å². The molecule has 10 rings (SSSR count). The maximum absolute atomic E-state index is 15.1. The molecule has 4 aromatic carbocycles. The maximum atomic E-state index is 15.1. The topological polar surface area (TPSA) is 178 Å². The van der Waals surface area contributed by atoms with Gasteiger partial charge in [-0.05, 0) is 92.1 Å². The highest BCUT2D eigenvalue weighted by atomic mass is 79.9. The smallest absolute Gasteiger partial charge is 0.322 e. The number of nitrogens with zero attached hydrogens (tertiary/aromatic N) is 11. The molecule has 2 aliphatic heterocycles. The lowest BCUT2D eigenvalue weighted by Crippen LogP contribution is -2.49. The summed E-state index contributed by atoms with van der Waals surface area (Å²) in [5.74, 6) is -3.34. The quantitative estimate of drug-likeness (QED) is 0.0651. The number of hydrogen-bond donors (Lipinski definition) is 2. The minimum absolute atomic E-state index is 0.0314. The molecule has 0 atom stereocenters. The van der Waals surface area contributed by atoms with E-state index in [1.165, 1.54) is 72.1 Å². The highest BCUT2D eigenvalue weighted by Crippen LogP contribution is 2.29. The Kier molecular flexibility index (Phi) is 21.6. The van der Waals surface area contributed by atoms with Crippen LogP contribution in [0.1, 0.15) is 55.0 Å². The SMILES string of the molecule is O=C(NCCBr)N(Cc1ccc(-c2nnc(C(F)F)o2)cc1F)c1ccccc1.O=C(NCCN1CCN(c2ccncc2)CC1)N(Cc1ccc(-c2nnc(C(F)F)o2)cc1F)c1ccccc1.c1cc(N2CCCCC2)ccn1. The molecule has 0 unspecified atom stereocenters.